The van der Waals surface area contributed by atoms with Gasteiger partial charge in [-0.1, -0.05) is 84.9 Å². The molecule has 40 heavy (non-hydrogen) atoms. The fourth-order valence-corrected chi connectivity index (χ4v) is 5.40. The molecule has 1 aliphatic rings. The number of hydrogen-bond acceptors (Lipinski definition) is 2. The maximum Gasteiger partial charge on any atom is 0.201 e. The van der Waals surface area contributed by atoms with Crippen molar-refractivity contribution in [2.24, 2.45) is 5.92 Å². The van der Waals surface area contributed by atoms with E-state index in [2.05, 4.69) is 67.6 Å². The second-order valence-electron chi connectivity index (χ2n) is 10.4. The number of benzene rings is 4. The normalized spacial score (nSPS) is 17.3. The van der Waals surface area contributed by atoms with Crippen LogP contribution in [-0.4, -0.2) is 13.2 Å². The summed E-state index contributed by atoms with van der Waals surface area (Å²) < 4.78 is 40.3. The van der Waals surface area contributed by atoms with Gasteiger partial charge in [0.05, 0.1) is 19.3 Å². The van der Waals surface area contributed by atoms with Gasteiger partial charge in [0.15, 0.2) is 11.6 Å². The number of ether oxygens (including phenoxy) is 2. The summed E-state index contributed by atoms with van der Waals surface area (Å²) in [5, 5.41) is 0. The van der Waals surface area contributed by atoms with Crippen LogP contribution < -0.4 is 4.74 Å². The summed E-state index contributed by atoms with van der Waals surface area (Å²) in [4.78, 5) is 0. The molecular formula is C36H36F2O2. The van der Waals surface area contributed by atoms with Crippen molar-refractivity contribution in [1.82, 2.24) is 0 Å². The van der Waals surface area contributed by atoms with E-state index in [1.807, 2.05) is 24.3 Å². The zero-order chi connectivity index (χ0) is 27.9. The molecule has 1 aliphatic heterocycles. The Morgan fingerprint density at radius 2 is 1.32 bits per heavy atom. The zero-order valence-corrected chi connectivity index (χ0v) is 23.2. The van der Waals surface area contributed by atoms with Gasteiger partial charge in [-0.3, -0.25) is 0 Å². The van der Waals surface area contributed by atoms with Gasteiger partial charge in [0.1, 0.15) is 0 Å². The number of rotatable bonds is 9. The van der Waals surface area contributed by atoms with Crippen molar-refractivity contribution < 1.29 is 18.3 Å². The topological polar surface area (TPSA) is 18.5 Å². The molecule has 0 spiro atoms. The second-order valence-corrected chi connectivity index (χ2v) is 10.4. The molecule has 0 saturated carbocycles. The predicted octanol–water partition coefficient (Wildman–Crippen LogP) is 10.2. The van der Waals surface area contributed by atoms with Crippen molar-refractivity contribution in [1.29, 1.82) is 0 Å². The molecule has 2 nitrogen and oxygen atoms in total. The smallest absolute Gasteiger partial charge is 0.201 e. The summed E-state index contributed by atoms with van der Waals surface area (Å²) in [7, 11) is 0. The average Bonchev–Trinajstić information content (AvgIpc) is 3.01. The van der Waals surface area contributed by atoms with Crippen LogP contribution in [0.15, 0.2) is 97.1 Å². The Hall–Kier alpha value is -3.76. The Kier molecular flexibility index (Phi) is 9.08. The molecule has 1 saturated heterocycles. The highest BCUT2D eigenvalue weighted by Gasteiger charge is 2.22. The van der Waals surface area contributed by atoms with Crippen LogP contribution >= 0.6 is 0 Å². The molecule has 4 aromatic carbocycles. The van der Waals surface area contributed by atoms with Gasteiger partial charge in [-0.25, -0.2) is 4.39 Å². The number of hydrogen-bond donors (Lipinski definition) is 0. The van der Waals surface area contributed by atoms with Crippen LogP contribution in [0.25, 0.3) is 33.4 Å². The highest BCUT2D eigenvalue weighted by atomic mass is 19.2. The summed E-state index contributed by atoms with van der Waals surface area (Å²) >= 11 is 0. The standard InChI is InChI=1S/C36H36F2O2/c1-3-5-6-7-25-8-22-33(40-24-25)31-19-15-29(16-20-31)27-11-9-26(10-12-27)28-13-17-30(18-14-28)32-21-23-34(39-4-2)36(38)35(32)37/h3,5,9-21,23,25,33H,4,6-8,22,24H2,1-2H3/b5-3+. The molecule has 0 radical (unpaired) electrons. The van der Waals surface area contributed by atoms with E-state index in [-0.39, 0.29) is 24.0 Å². The Labute approximate surface area is 236 Å². The van der Waals surface area contributed by atoms with Crippen LogP contribution in [0.3, 0.4) is 0 Å². The first kappa shape index (κ1) is 27.8. The van der Waals surface area contributed by atoms with E-state index in [9.17, 15) is 8.78 Å². The van der Waals surface area contributed by atoms with E-state index < -0.39 is 11.6 Å². The SMILES string of the molecule is C/C=C/CCC1CCC(c2ccc(-c3ccc(-c4ccc(-c5ccc(OCC)c(F)c5F)cc4)cc3)cc2)OC1. The van der Waals surface area contributed by atoms with E-state index in [4.69, 9.17) is 9.47 Å². The molecule has 0 N–H and O–H groups in total. The lowest BCUT2D eigenvalue weighted by Crippen LogP contribution is -2.20. The summed E-state index contributed by atoms with van der Waals surface area (Å²) in [6, 6.07) is 27.7. The molecular weight excluding hydrogens is 502 g/mol. The van der Waals surface area contributed by atoms with Crippen LogP contribution in [-0.2, 0) is 4.74 Å². The first-order valence-corrected chi connectivity index (χ1v) is 14.2. The third-order valence-electron chi connectivity index (χ3n) is 7.72. The number of allylic oxidation sites excluding steroid dienone is 2. The van der Waals surface area contributed by atoms with Crippen molar-refractivity contribution in [3.05, 3.63) is 114 Å². The molecule has 206 valence electrons. The third kappa shape index (κ3) is 6.34. The molecule has 2 atom stereocenters. The quantitative estimate of drug-likeness (QED) is 0.197. The summed E-state index contributed by atoms with van der Waals surface area (Å²) in [5.74, 6) is -1.25. The van der Waals surface area contributed by atoms with Crippen LogP contribution in [0.5, 0.6) is 5.75 Å². The zero-order valence-electron chi connectivity index (χ0n) is 23.2. The highest BCUT2D eigenvalue weighted by molar-refractivity contribution is 5.73. The van der Waals surface area contributed by atoms with Crippen LogP contribution in [0.2, 0.25) is 0 Å². The molecule has 4 aromatic rings. The molecule has 0 aliphatic carbocycles. The lowest BCUT2D eigenvalue weighted by molar-refractivity contribution is -0.0190. The molecule has 1 heterocycles. The Morgan fingerprint density at radius 1 is 0.750 bits per heavy atom. The predicted molar refractivity (Wildman–Crippen MR) is 159 cm³/mol. The largest absolute Gasteiger partial charge is 0.491 e. The van der Waals surface area contributed by atoms with Crippen molar-refractivity contribution >= 4 is 0 Å². The molecule has 1 fully saturated rings. The second kappa shape index (κ2) is 13.1. The average molecular weight is 539 g/mol. The van der Waals surface area contributed by atoms with E-state index in [0.717, 1.165) is 36.1 Å². The van der Waals surface area contributed by atoms with E-state index >= 15 is 0 Å². The van der Waals surface area contributed by atoms with Crippen LogP contribution in [0.4, 0.5) is 8.78 Å². The van der Waals surface area contributed by atoms with Gasteiger partial charge in [0.2, 0.25) is 5.82 Å². The molecule has 2 unspecified atom stereocenters. The summed E-state index contributed by atoms with van der Waals surface area (Å²) in [6.07, 6.45) is 9.19. The van der Waals surface area contributed by atoms with Crippen molar-refractivity contribution in [2.45, 2.75) is 45.6 Å². The van der Waals surface area contributed by atoms with Crippen molar-refractivity contribution in [3.63, 3.8) is 0 Å². The lowest BCUT2D eigenvalue weighted by atomic mass is 9.91. The van der Waals surface area contributed by atoms with Gasteiger partial charge in [-0.2, -0.15) is 4.39 Å². The van der Waals surface area contributed by atoms with Gasteiger partial charge in [-0.15, -0.1) is 0 Å². The van der Waals surface area contributed by atoms with Crippen molar-refractivity contribution in [2.75, 3.05) is 13.2 Å². The molecule has 0 bridgehead atoms. The fourth-order valence-electron chi connectivity index (χ4n) is 5.40. The van der Waals surface area contributed by atoms with Gasteiger partial charge in [0, 0.05) is 5.56 Å². The maximum absolute atomic E-state index is 14.6. The minimum Gasteiger partial charge on any atom is -0.491 e. The van der Waals surface area contributed by atoms with Crippen LogP contribution in [0.1, 0.15) is 51.2 Å². The fraction of sp³-hybridized carbons (Fsp3) is 0.278. The Morgan fingerprint density at radius 3 is 1.85 bits per heavy atom. The highest BCUT2D eigenvalue weighted by Crippen LogP contribution is 2.35. The Balaban J connectivity index is 1.22. The van der Waals surface area contributed by atoms with Crippen molar-refractivity contribution in [3.8, 4) is 39.1 Å². The monoisotopic (exact) mass is 538 g/mol. The molecule has 4 heteroatoms. The van der Waals surface area contributed by atoms with E-state index in [1.54, 1.807) is 13.0 Å². The first-order valence-electron chi connectivity index (χ1n) is 14.2. The first-order chi connectivity index (χ1) is 19.6. The number of halogens is 2. The van der Waals surface area contributed by atoms with Crippen LogP contribution in [0, 0.1) is 17.6 Å². The minimum atomic E-state index is -0.956. The Bertz CT molecular complexity index is 1420. The third-order valence-corrected chi connectivity index (χ3v) is 7.72. The minimum absolute atomic E-state index is 0.0678. The maximum atomic E-state index is 14.6. The summed E-state index contributed by atoms with van der Waals surface area (Å²) in [5.41, 5.74) is 6.46. The van der Waals surface area contributed by atoms with Gasteiger partial charge >= 0.3 is 0 Å². The van der Waals surface area contributed by atoms with E-state index in [0.29, 0.717) is 11.5 Å². The molecule has 0 aromatic heterocycles. The van der Waals surface area contributed by atoms with E-state index in [1.165, 1.54) is 30.0 Å². The molecule has 5 rings (SSSR count). The molecule has 0 amide bonds. The van der Waals surface area contributed by atoms with Gasteiger partial charge in [0.25, 0.3) is 0 Å². The van der Waals surface area contributed by atoms with Gasteiger partial charge in [-0.05, 0) is 91.0 Å². The summed E-state index contributed by atoms with van der Waals surface area (Å²) in [6.45, 7) is 4.94. The lowest BCUT2D eigenvalue weighted by Gasteiger charge is -2.29. The van der Waals surface area contributed by atoms with Gasteiger partial charge < -0.3 is 9.47 Å².